The second kappa shape index (κ2) is 9.61. The summed E-state index contributed by atoms with van der Waals surface area (Å²) in [6, 6.07) is 10.6. The molecular weight excluding hydrogens is 332 g/mol. The molecule has 2 aromatic rings. The van der Waals surface area contributed by atoms with Gasteiger partial charge < -0.3 is 14.6 Å². The SMILES string of the molecule is CCCCCCOC(=O)c1ccc(OC)cc1C(=O)c1ccc(O)cc1. The predicted molar refractivity (Wildman–Crippen MR) is 99.0 cm³/mol. The molecule has 138 valence electrons. The number of ketones is 1. The van der Waals surface area contributed by atoms with Crippen LogP contribution in [0.15, 0.2) is 42.5 Å². The number of esters is 1. The van der Waals surface area contributed by atoms with Crippen molar-refractivity contribution in [2.45, 2.75) is 32.6 Å². The van der Waals surface area contributed by atoms with Gasteiger partial charge in [0.2, 0.25) is 0 Å². The lowest BCUT2D eigenvalue weighted by Gasteiger charge is -2.11. The topological polar surface area (TPSA) is 72.8 Å². The Hall–Kier alpha value is -2.82. The molecule has 5 heteroatoms. The molecular formula is C21H24O5. The van der Waals surface area contributed by atoms with Gasteiger partial charge in [0.25, 0.3) is 0 Å². The maximum absolute atomic E-state index is 12.8. The quantitative estimate of drug-likeness (QED) is 0.410. The highest BCUT2D eigenvalue weighted by molar-refractivity contribution is 6.14. The number of ether oxygens (including phenoxy) is 2. The van der Waals surface area contributed by atoms with Gasteiger partial charge in [-0.3, -0.25) is 4.79 Å². The van der Waals surface area contributed by atoms with Crippen molar-refractivity contribution in [3.8, 4) is 11.5 Å². The molecule has 2 aromatic carbocycles. The molecule has 2 rings (SSSR count). The number of hydrogen-bond donors (Lipinski definition) is 1. The summed E-state index contributed by atoms with van der Waals surface area (Å²) in [5, 5.41) is 9.39. The summed E-state index contributed by atoms with van der Waals surface area (Å²) in [6.45, 7) is 2.45. The Morgan fingerprint density at radius 1 is 0.962 bits per heavy atom. The van der Waals surface area contributed by atoms with Crippen LogP contribution in [0.2, 0.25) is 0 Å². The molecule has 0 spiro atoms. The van der Waals surface area contributed by atoms with Crippen LogP contribution in [0.5, 0.6) is 11.5 Å². The van der Waals surface area contributed by atoms with Crippen molar-refractivity contribution in [2.75, 3.05) is 13.7 Å². The third-order valence-corrected chi connectivity index (χ3v) is 4.05. The van der Waals surface area contributed by atoms with Gasteiger partial charge in [-0.05, 0) is 48.9 Å². The van der Waals surface area contributed by atoms with E-state index in [0.717, 1.165) is 25.7 Å². The van der Waals surface area contributed by atoms with Crippen molar-refractivity contribution in [2.24, 2.45) is 0 Å². The summed E-state index contributed by atoms with van der Waals surface area (Å²) in [5.41, 5.74) is 0.793. The molecule has 0 unspecified atom stereocenters. The van der Waals surface area contributed by atoms with Crippen LogP contribution in [0.4, 0.5) is 0 Å². The summed E-state index contributed by atoms with van der Waals surface area (Å²) in [6.07, 6.45) is 4.02. The van der Waals surface area contributed by atoms with E-state index in [9.17, 15) is 14.7 Å². The van der Waals surface area contributed by atoms with E-state index in [4.69, 9.17) is 9.47 Å². The molecule has 0 aromatic heterocycles. The Balaban J connectivity index is 2.22. The first-order valence-electron chi connectivity index (χ1n) is 8.75. The minimum absolute atomic E-state index is 0.0684. The van der Waals surface area contributed by atoms with Crippen LogP contribution in [0, 0.1) is 0 Å². The van der Waals surface area contributed by atoms with Crippen LogP contribution in [-0.2, 0) is 4.74 Å². The van der Waals surface area contributed by atoms with Crippen LogP contribution >= 0.6 is 0 Å². The standard InChI is InChI=1S/C21H24O5/c1-3-4-5-6-13-26-21(24)18-12-11-17(25-2)14-19(18)20(23)15-7-9-16(22)10-8-15/h7-12,14,22H,3-6,13H2,1-2H3. The number of phenolic OH excluding ortho intramolecular Hbond substituents is 1. The summed E-state index contributed by atoms with van der Waals surface area (Å²) < 4.78 is 10.5. The fourth-order valence-electron chi connectivity index (χ4n) is 2.56. The lowest BCUT2D eigenvalue weighted by molar-refractivity contribution is 0.0495. The number of unbranched alkanes of at least 4 members (excludes halogenated alkanes) is 3. The second-order valence-electron chi connectivity index (χ2n) is 5.98. The molecule has 0 saturated carbocycles. The van der Waals surface area contributed by atoms with E-state index in [2.05, 4.69) is 6.92 Å². The first kappa shape index (κ1) is 19.5. The Morgan fingerprint density at radius 3 is 2.35 bits per heavy atom. The number of methoxy groups -OCH3 is 1. The van der Waals surface area contributed by atoms with Gasteiger partial charge in [-0.1, -0.05) is 26.2 Å². The van der Waals surface area contributed by atoms with Gasteiger partial charge >= 0.3 is 5.97 Å². The van der Waals surface area contributed by atoms with Gasteiger partial charge in [-0.25, -0.2) is 4.79 Å². The predicted octanol–water partition coefficient (Wildman–Crippen LogP) is 4.37. The van der Waals surface area contributed by atoms with Gasteiger partial charge in [0.15, 0.2) is 5.78 Å². The minimum atomic E-state index is -0.522. The lowest BCUT2D eigenvalue weighted by atomic mass is 9.98. The molecule has 0 bridgehead atoms. The molecule has 1 N–H and O–H groups in total. The van der Waals surface area contributed by atoms with E-state index >= 15 is 0 Å². The van der Waals surface area contributed by atoms with Gasteiger partial charge in [-0.15, -0.1) is 0 Å². The van der Waals surface area contributed by atoms with Crippen LogP contribution < -0.4 is 4.74 Å². The van der Waals surface area contributed by atoms with Crippen molar-refractivity contribution >= 4 is 11.8 Å². The third kappa shape index (κ3) is 5.09. The van der Waals surface area contributed by atoms with E-state index in [1.165, 1.54) is 37.4 Å². The number of hydrogen-bond acceptors (Lipinski definition) is 5. The molecule has 0 atom stereocenters. The number of carbonyl (C=O) groups excluding carboxylic acids is 2. The number of benzene rings is 2. The average Bonchev–Trinajstić information content (AvgIpc) is 2.67. The summed E-state index contributed by atoms with van der Waals surface area (Å²) in [7, 11) is 1.50. The Morgan fingerprint density at radius 2 is 1.69 bits per heavy atom. The molecule has 0 radical (unpaired) electrons. The molecule has 0 aliphatic heterocycles. The van der Waals surface area contributed by atoms with E-state index in [-0.39, 0.29) is 22.7 Å². The zero-order valence-electron chi connectivity index (χ0n) is 15.2. The Kier molecular flexibility index (Phi) is 7.21. The van der Waals surface area contributed by atoms with Gasteiger partial charge in [-0.2, -0.15) is 0 Å². The van der Waals surface area contributed by atoms with Crippen LogP contribution in [0.1, 0.15) is 58.9 Å². The maximum Gasteiger partial charge on any atom is 0.338 e. The largest absolute Gasteiger partial charge is 0.508 e. The fraction of sp³-hybridized carbons (Fsp3) is 0.333. The van der Waals surface area contributed by atoms with Crippen LogP contribution in [0.25, 0.3) is 0 Å². The highest BCUT2D eigenvalue weighted by atomic mass is 16.5. The molecule has 0 fully saturated rings. The maximum atomic E-state index is 12.8. The van der Waals surface area contributed by atoms with Gasteiger partial charge in [0.05, 0.1) is 19.3 Å². The lowest BCUT2D eigenvalue weighted by Crippen LogP contribution is -2.13. The van der Waals surface area contributed by atoms with Crippen LogP contribution in [-0.4, -0.2) is 30.6 Å². The molecule has 0 aliphatic carbocycles. The first-order valence-corrected chi connectivity index (χ1v) is 8.75. The Bertz CT molecular complexity index is 749. The number of phenols is 1. The summed E-state index contributed by atoms with van der Waals surface area (Å²) >= 11 is 0. The smallest absolute Gasteiger partial charge is 0.338 e. The fourth-order valence-corrected chi connectivity index (χ4v) is 2.56. The zero-order chi connectivity index (χ0) is 18.9. The molecule has 0 amide bonds. The van der Waals surface area contributed by atoms with Crippen molar-refractivity contribution in [3.63, 3.8) is 0 Å². The van der Waals surface area contributed by atoms with Crippen molar-refractivity contribution in [1.29, 1.82) is 0 Å². The first-order chi connectivity index (χ1) is 12.6. The molecule has 5 nitrogen and oxygen atoms in total. The normalized spacial score (nSPS) is 10.4. The van der Waals surface area contributed by atoms with Crippen molar-refractivity contribution in [3.05, 3.63) is 59.2 Å². The minimum Gasteiger partial charge on any atom is -0.508 e. The van der Waals surface area contributed by atoms with Gasteiger partial charge in [0, 0.05) is 11.1 Å². The summed E-state index contributed by atoms with van der Waals surface area (Å²) in [5.74, 6) is -0.307. The van der Waals surface area contributed by atoms with Crippen LogP contribution in [0.3, 0.4) is 0 Å². The van der Waals surface area contributed by atoms with E-state index < -0.39 is 5.97 Å². The van der Waals surface area contributed by atoms with E-state index in [1.807, 2.05) is 0 Å². The number of rotatable bonds is 9. The van der Waals surface area contributed by atoms with E-state index in [0.29, 0.717) is 17.9 Å². The molecule has 26 heavy (non-hydrogen) atoms. The highest BCUT2D eigenvalue weighted by Crippen LogP contribution is 2.23. The second-order valence-corrected chi connectivity index (χ2v) is 5.98. The average molecular weight is 356 g/mol. The zero-order valence-corrected chi connectivity index (χ0v) is 15.2. The van der Waals surface area contributed by atoms with Gasteiger partial charge in [0.1, 0.15) is 11.5 Å². The van der Waals surface area contributed by atoms with Crippen molar-refractivity contribution < 1.29 is 24.2 Å². The number of aromatic hydroxyl groups is 1. The van der Waals surface area contributed by atoms with Crippen molar-refractivity contribution in [1.82, 2.24) is 0 Å². The Labute approximate surface area is 153 Å². The third-order valence-electron chi connectivity index (χ3n) is 4.05. The highest BCUT2D eigenvalue weighted by Gasteiger charge is 2.20. The van der Waals surface area contributed by atoms with E-state index in [1.54, 1.807) is 12.1 Å². The molecule has 0 heterocycles. The molecule has 0 aliphatic rings. The molecule has 0 saturated heterocycles. The monoisotopic (exact) mass is 356 g/mol. The number of carbonyl (C=O) groups is 2. The summed E-state index contributed by atoms with van der Waals surface area (Å²) in [4.78, 5) is 25.3.